The van der Waals surface area contributed by atoms with Gasteiger partial charge in [0.1, 0.15) is 23.3 Å². The smallest absolute Gasteiger partial charge is 0.230 e. The highest BCUT2D eigenvalue weighted by Crippen LogP contribution is 2.27. The fourth-order valence-electron chi connectivity index (χ4n) is 3.94. The van der Waals surface area contributed by atoms with Gasteiger partial charge in [0.15, 0.2) is 0 Å². The number of nitriles is 1. The second kappa shape index (κ2) is 8.40. The number of rotatable bonds is 6. The summed E-state index contributed by atoms with van der Waals surface area (Å²) in [5.74, 6) is 1.51. The number of aliphatic hydroxyl groups is 1. The molecule has 1 saturated heterocycles. The summed E-state index contributed by atoms with van der Waals surface area (Å²) >= 11 is 0. The van der Waals surface area contributed by atoms with E-state index in [1.807, 2.05) is 6.07 Å². The molecule has 1 aliphatic heterocycles. The number of nitrogens with one attached hydrogen (secondary N) is 2. The van der Waals surface area contributed by atoms with E-state index in [-0.39, 0.29) is 6.61 Å². The highest BCUT2D eigenvalue weighted by molar-refractivity contribution is 5.61. The zero-order chi connectivity index (χ0) is 19.3. The van der Waals surface area contributed by atoms with Crippen molar-refractivity contribution >= 4 is 23.3 Å². The van der Waals surface area contributed by atoms with Crippen molar-refractivity contribution in [2.75, 3.05) is 28.6 Å². The Bertz CT molecular complexity index is 867. The lowest BCUT2D eigenvalue weighted by Crippen LogP contribution is -2.20. The first-order chi connectivity index (χ1) is 13.8. The van der Waals surface area contributed by atoms with Crippen molar-refractivity contribution in [3.05, 3.63) is 29.6 Å². The van der Waals surface area contributed by atoms with Gasteiger partial charge in [0.2, 0.25) is 5.95 Å². The molecule has 2 aromatic heterocycles. The first-order valence-electron chi connectivity index (χ1n) is 9.92. The summed E-state index contributed by atoms with van der Waals surface area (Å²) in [7, 11) is 0. The quantitative estimate of drug-likeness (QED) is 0.703. The summed E-state index contributed by atoms with van der Waals surface area (Å²) in [5, 5.41) is 25.6. The van der Waals surface area contributed by atoms with Crippen molar-refractivity contribution in [1.82, 2.24) is 15.0 Å². The lowest BCUT2D eigenvalue weighted by Gasteiger charge is -2.21. The SMILES string of the molecule is N#Cc1cnc(Nc2cc(CO)c(N3CCCC3)cn2)nc1NC1CCCC1. The van der Waals surface area contributed by atoms with E-state index < -0.39 is 0 Å². The van der Waals surface area contributed by atoms with Gasteiger partial charge in [-0.3, -0.25) is 0 Å². The Morgan fingerprint density at radius 2 is 1.93 bits per heavy atom. The van der Waals surface area contributed by atoms with Crippen LogP contribution < -0.4 is 15.5 Å². The second-order valence-corrected chi connectivity index (χ2v) is 7.37. The van der Waals surface area contributed by atoms with Crippen LogP contribution in [0.4, 0.5) is 23.3 Å². The van der Waals surface area contributed by atoms with Gasteiger partial charge in [-0.15, -0.1) is 0 Å². The fraction of sp³-hybridized carbons (Fsp3) is 0.500. The molecule has 8 heteroatoms. The second-order valence-electron chi connectivity index (χ2n) is 7.37. The van der Waals surface area contributed by atoms with E-state index >= 15 is 0 Å². The third kappa shape index (κ3) is 3.99. The average Bonchev–Trinajstić information content (AvgIpc) is 3.42. The largest absolute Gasteiger partial charge is 0.392 e. The third-order valence-corrected chi connectivity index (χ3v) is 5.43. The van der Waals surface area contributed by atoms with Crippen molar-refractivity contribution < 1.29 is 5.11 Å². The van der Waals surface area contributed by atoms with E-state index in [1.54, 1.807) is 6.20 Å². The van der Waals surface area contributed by atoms with Crippen LogP contribution in [0.5, 0.6) is 0 Å². The molecule has 3 heterocycles. The maximum Gasteiger partial charge on any atom is 0.230 e. The number of anilines is 4. The maximum atomic E-state index is 9.78. The summed E-state index contributed by atoms with van der Waals surface area (Å²) in [6, 6.07) is 4.34. The van der Waals surface area contributed by atoms with Crippen LogP contribution in [-0.2, 0) is 6.61 Å². The molecule has 1 aliphatic carbocycles. The monoisotopic (exact) mass is 379 g/mol. The minimum Gasteiger partial charge on any atom is -0.392 e. The molecule has 0 radical (unpaired) electrons. The van der Waals surface area contributed by atoms with Crippen molar-refractivity contribution in [3.63, 3.8) is 0 Å². The maximum absolute atomic E-state index is 9.78. The third-order valence-electron chi connectivity index (χ3n) is 5.43. The van der Waals surface area contributed by atoms with Gasteiger partial charge < -0.3 is 20.6 Å². The predicted molar refractivity (Wildman–Crippen MR) is 108 cm³/mol. The Labute approximate surface area is 164 Å². The van der Waals surface area contributed by atoms with Gasteiger partial charge in [-0.2, -0.15) is 10.2 Å². The number of aliphatic hydroxyl groups excluding tert-OH is 1. The zero-order valence-corrected chi connectivity index (χ0v) is 15.9. The van der Waals surface area contributed by atoms with Crippen molar-refractivity contribution in [2.24, 2.45) is 0 Å². The molecule has 4 rings (SSSR count). The molecule has 146 valence electrons. The Hall–Kier alpha value is -2.92. The van der Waals surface area contributed by atoms with Gasteiger partial charge in [0.05, 0.1) is 24.7 Å². The van der Waals surface area contributed by atoms with Crippen molar-refractivity contribution in [3.8, 4) is 6.07 Å². The van der Waals surface area contributed by atoms with Gasteiger partial charge in [0.25, 0.3) is 0 Å². The van der Waals surface area contributed by atoms with E-state index in [4.69, 9.17) is 0 Å². The molecule has 0 amide bonds. The van der Waals surface area contributed by atoms with Crippen LogP contribution in [0, 0.1) is 11.3 Å². The van der Waals surface area contributed by atoms with Gasteiger partial charge in [-0.25, -0.2) is 9.97 Å². The van der Waals surface area contributed by atoms with Crippen LogP contribution in [-0.4, -0.2) is 39.2 Å². The molecular weight excluding hydrogens is 354 g/mol. The Morgan fingerprint density at radius 1 is 1.14 bits per heavy atom. The standard InChI is InChI=1S/C20H25N7O/c21-10-15-11-23-20(26-19(15)24-16-5-1-2-6-16)25-18-9-14(13-28)17(12-22-18)27-7-3-4-8-27/h9,11-12,16,28H,1-8,13H2,(H2,22,23,24,25,26). The van der Waals surface area contributed by atoms with Crippen molar-refractivity contribution in [1.29, 1.82) is 5.26 Å². The van der Waals surface area contributed by atoms with E-state index in [2.05, 4.69) is 36.6 Å². The van der Waals surface area contributed by atoms with E-state index in [0.717, 1.165) is 37.2 Å². The number of nitrogens with zero attached hydrogens (tertiary/aromatic N) is 5. The molecule has 0 atom stereocenters. The summed E-state index contributed by atoms with van der Waals surface area (Å²) in [5.41, 5.74) is 2.25. The topological polar surface area (TPSA) is 110 Å². The molecule has 0 bridgehead atoms. The molecule has 3 N–H and O–H groups in total. The van der Waals surface area contributed by atoms with Crippen LogP contribution in [0.1, 0.15) is 49.7 Å². The first kappa shape index (κ1) is 18.4. The van der Waals surface area contributed by atoms with Crippen LogP contribution in [0.2, 0.25) is 0 Å². The molecule has 8 nitrogen and oxygen atoms in total. The highest BCUT2D eigenvalue weighted by atomic mass is 16.3. The summed E-state index contributed by atoms with van der Waals surface area (Å²) < 4.78 is 0. The minimum absolute atomic E-state index is 0.0499. The summed E-state index contributed by atoms with van der Waals surface area (Å²) in [6.45, 7) is 1.94. The Balaban J connectivity index is 1.54. The van der Waals surface area contributed by atoms with Crippen LogP contribution in [0.25, 0.3) is 0 Å². The van der Waals surface area contributed by atoms with E-state index in [9.17, 15) is 10.4 Å². The summed E-state index contributed by atoms with van der Waals surface area (Å²) in [4.78, 5) is 15.5. The van der Waals surface area contributed by atoms with Crippen LogP contribution >= 0.6 is 0 Å². The lowest BCUT2D eigenvalue weighted by atomic mass is 10.2. The van der Waals surface area contributed by atoms with E-state index in [1.165, 1.54) is 31.9 Å². The number of hydrogen-bond donors (Lipinski definition) is 3. The summed E-state index contributed by atoms with van der Waals surface area (Å²) in [6.07, 6.45) is 10.2. The molecule has 28 heavy (non-hydrogen) atoms. The average molecular weight is 379 g/mol. The Morgan fingerprint density at radius 3 is 2.64 bits per heavy atom. The molecule has 2 fully saturated rings. The highest BCUT2D eigenvalue weighted by Gasteiger charge is 2.19. The van der Waals surface area contributed by atoms with E-state index in [0.29, 0.717) is 29.2 Å². The molecular formula is C20H25N7O. The van der Waals surface area contributed by atoms with Crippen molar-refractivity contribution in [2.45, 2.75) is 51.2 Å². The minimum atomic E-state index is -0.0499. The number of hydrogen-bond acceptors (Lipinski definition) is 8. The number of pyridine rings is 1. The normalized spacial score (nSPS) is 16.9. The molecule has 1 saturated carbocycles. The van der Waals surface area contributed by atoms with Gasteiger partial charge in [-0.1, -0.05) is 12.8 Å². The molecule has 2 aliphatic rings. The fourth-order valence-corrected chi connectivity index (χ4v) is 3.94. The molecule has 0 unspecified atom stereocenters. The van der Waals surface area contributed by atoms with Crippen LogP contribution in [0.15, 0.2) is 18.5 Å². The molecule has 0 aromatic carbocycles. The van der Waals surface area contributed by atoms with Gasteiger partial charge in [-0.05, 0) is 31.7 Å². The molecule has 0 spiro atoms. The van der Waals surface area contributed by atoms with Gasteiger partial charge in [0, 0.05) is 24.7 Å². The molecule has 2 aromatic rings. The predicted octanol–water partition coefficient (Wildman–Crippen LogP) is 2.93. The Kier molecular flexibility index (Phi) is 5.53. The van der Waals surface area contributed by atoms with Gasteiger partial charge >= 0.3 is 0 Å². The zero-order valence-electron chi connectivity index (χ0n) is 15.9. The first-order valence-corrected chi connectivity index (χ1v) is 9.92. The van der Waals surface area contributed by atoms with Crippen LogP contribution in [0.3, 0.4) is 0 Å². The lowest BCUT2D eigenvalue weighted by molar-refractivity contribution is 0.282. The number of aromatic nitrogens is 3.